The summed E-state index contributed by atoms with van der Waals surface area (Å²) in [5.74, 6) is 1.70. The monoisotopic (exact) mass is 310 g/mol. The molecule has 2 heteroatoms. The summed E-state index contributed by atoms with van der Waals surface area (Å²) in [6.07, 6.45) is 6.60. The molecule has 1 saturated carbocycles. The minimum atomic E-state index is 0.594. The zero-order valence-corrected chi connectivity index (χ0v) is 13.2. The first kappa shape index (κ1) is 13.9. The number of hydrogen-bond acceptors (Lipinski definition) is 1. The fourth-order valence-corrected chi connectivity index (χ4v) is 3.86. The van der Waals surface area contributed by atoms with Crippen LogP contribution in [0.5, 0.6) is 5.75 Å². The summed E-state index contributed by atoms with van der Waals surface area (Å²) in [5, 5.41) is 0. The highest BCUT2D eigenvalue weighted by Gasteiger charge is 2.26. The van der Waals surface area contributed by atoms with Gasteiger partial charge >= 0.3 is 0 Å². The highest BCUT2D eigenvalue weighted by atomic mass is 79.9. The number of rotatable bonds is 2. The first-order chi connectivity index (χ1) is 8.65. The number of ether oxygens (including phenoxy) is 1. The lowest BCUT2D eigenvalue weighted by Gasteiger charge is -2.24. The van der Waals surface area contributed by atoms with Crippen LogP contribution in [0.3, 0.4) is 0 Å². The van der Waals surface area contributed by atoms with E-state index in [1.165, 1.54) is 48.8 Å². The molecule has 0 radical (unpaired) electrons. The van der Waals surface area contributed by atoms with E-state index in [1.54, 1.807) is 7.11 Å². The normalized spacial score (nSPS) is 24.7. The largest absolute Gasteiger partial charge is 0.496 e. The molecule has 1 nitrogen and oxygen atoms in total. The first-order valence-corrected chi connectivity index (χ1v) is 7.85. The van der Waals surface area contributed by atoms with Gasteiger partial charge in [0.05, 0.1) is 7.11 Å². The third-order valence-electron chi connectivity index (χ3n) is 4.24. The summed E-state index contributed by atoms with van der Waals surface area (Å²) in [5.41, 5.74) is 4.00. The zero-order chi connectivity index (χ0) is 13.1. The van der Waals surface area contributed by atoms with Crippen LogP contribution in [-0.2, 0) is 0 Å². The van der Waals surface area contributed by atoms with Crippen molar-refractivity contribution in [2.45, 2.75) is 56.7 Å². The Morgan fingerprint density at radius 1 is 1.11 bits per heavy atom. The fourth-order valence-electron chi connectivity index (χ4n) is 2.99. The number of alkyl halides is 1. The minimum Gasteiger partial charge on any atom is -0.496 e. The molecule has 0 bridgehead atoms. The molecule has 2 unspecified atom stereocenters. The first-order valence-electron chi connectivity index (χ1n) is 6.93. The molecule has 1 aromatic rings. The van der Waals surface area contributed by atoms with Crippen LogP contribution in [0.15, 0.2) is 12.1 Å². The average Bonchev–Trinajstić information content (AvgIpc) is 2.57. The molecule has 100 valence electrons. The highest BCUT2D eigenvalue weighted by molar-refractivity contribution is 9.09. The highest BCUT2D eigenvalue weighted by Crippen LogP contribution is 2.41. The Kier molecular flexibility index (Phi) is 4.71. The van der Waals surface area contributed by atoms with Crippen molar-refractivity contribution in [3.63, 3.8) is 0 Å². The third kappa shape index (κ3) is 2.74. The second-order valence-electron chi connectivity index (χ2n) is 5.39. The average molecular weight is 311 g/mol. The van der Waals surface area contributed by atoms with Crippen molar-refractivity contribution >= 4 is 15.9 Å². The molecule has 0 saturated heterocycles. The van der Waals surface area contributed by atoms with Gasteiger partial charge in [-0.2, -0.15) is 0 Å². The van der Waals surface area contributed by atoms with E-state index in [2.05, 4.69) is 41.9 Å². The summed E-state index contributed by atoms with van der Waals surface area (Å²) in [7, 11) is 1.80. The van der Waals surface area contributed by atoms with Crippen LogP contribution in [0.4, 0.5) is 0 Å². The molecular weight excluding hydrogens is 288 g/mol. The van der Waals surface area contributed by atoms with E-state index in [0.29, 0.717) is 10.7 Å². The van der Waals surface area contributed by atoms with Gasteiger partial charge in [0, 0.05) is 10.7 Å². The Morgan fingerprint density at radius 3 is 2.56 bits per heavy atom. The molecular formula is C16H23BrO. The van der Waals surface area contributed by atoms with Gasteiger partial charge in [-0.3, -0.25) is 0 Å². The van der Waals surface area contributed by atoms with Gasteiger partial charge in [-0.05, 0) is 43.4 Å². The molecule has 0 aliphatic heterocycles. The maximum absolute atomic E-state index is 5.68. The molecule has 1 aliphatic rings. The molecule has 2 atom stereocenters. The van der Waals surface area contributed by atoms with Gasteiger partial charge in [-0.25, -0.2) is 0 Å². The van der Waals surface area contributed by atoms with E-state index >= 15 is 0 Å². The smallest absolute Gasteiger partial charge is 0.125 e. The van der Waals surface area contributed by atoms with E-state index in [1.807, 2.05) is 0 Å². The standard InChI is InChI=1S/C16H23BrO/c1-11-9-10-14(16(18-3)12(11)2)13-7-5-4-6-8-15(13)17/h9-10,13,15H,4-8H2,1-3H3. The number of benzene rings is 1. The van der Waals surface area contributed by atoms with Crippen molar-refractivity contribution in [1.82, 2.24) is 0 Å². The summed E-state index contributed by atoms with van der Waals surface area (Å²) in [4.78, 5) is 0.594. The molecule has 18 heavy (non-hydrogen) atoms. The summed E-state index contributed by atoms with van der Waals surface area (Å²) in [6.45, 7) is 4.32. The zero-order valence-electron chi connectivity index (χ0n) is 11.6. The summed E-state index contributed by atoms with van der Waals surface area (Å²) in [6, 6.07) is 4.50. The maximum atomic E-state index is 5.68. The number of halogens is 1. The third-order valence-corrected chi connectivity index (χ3v) is 5.34. The quantitative estimate of drug-likeness (QED) is 0.544. The van der Waals surface area contributed by atoms with Crippen LogP contribution in [0, 0.1) is 13.8 Å². The Balaban J connectivity index is 2.39. The van der Waals surface area contributed by atoms with Gasteiger partial charge in [0.2, 0.25) is 0 Å². The topological polar surface area (TPSA) is 9.23 Å². The van der Waals surface area contributed by atoms with Crippen LogP contribution >= 0.6 is 15.9 Å². The van der Waals surface area contributed by atoms with Gasteiger partial charge in [-0.15, -0.1) is 0 Å². The van der Waals surface area contributed by atoms with Crippen molar-refractivity contribution in [3.8, 4) is 5.75 Å². The predicted octanol–water partition coefficient (Wildman–Crippen LogP) is 5.12. The molecule has 0 amide bonds. The lowest BCUT2D eigenvalue weighted by atomic mass is 9.88. The predicted molar refractivity (Wildman–Crippen MR) is 81.0 cm³/mol. The van der Waals surface area contributed by atoms with Crippen molar-refractivity contribution in [2.75, 3.05) is 7.11 Å². The molecule has 0 N–H and O–H groups in total. The van der Waals surface area contributed by atoms with E-state index in [-0.39, 0.29) is 0 Å². The molecule has 2 rings (SSSR count). The van der Waals surface area contributed by atoms with Gasteiger partial charge in [0.25, 0.3) is 0 Å². The molecule has 1 aliphatic carbocycles. The van der Waals surface area contributed by atoms with Crippen molar-refractivity contribution in [2.24, 2.45) is 0 Å². The molecule has 1 fully saturated rings. The van der Waals surface area contributed by atoms with Crippen molar-refractivity contribution in [3.05, 3.63) is 28.8 Å². The maximum Gasteiger partial charge on any atom is 0.125 e. The van der Waals surface area contributed by atoms with Crippen molar-refractivity contribution < 1.29 is 4.74 Å². The molecule has 0 heterocycles. The lowest BCUT2D eigenvalue weighted by molar-refractivity contribution is 0.399. The van der Waals surface area contributed by atoms with E-state index in [9.17, 15) is 0 Å². The molecule has 0 aromatic heterocycles. The molecule has 0 spiro atoms. The van der Waals surface area contributed by atoms with Gasteiger partial charge in [0.1, 0.15) is 5.75 Å². The van der Waals surface area contributed by atoms with E-state index in [4.69, 9.17) is 4.74 Å². The van der Waals surface area contributed by atoms with E-state index in [0.717, 1.165) is 5.75 Å². The Bertz CT molecular complexity index is 414. The Morgan fingerprint density at radius 2 is 1.83 bits per heavy atom. The fraction of sp³-hybridized carbons (Fsp3) is 0.625. The Hall–Kier alpha value is -0.500. The van der Waals surface area contributed by atoms with Crippen LogP contribution in [0.1, 0.15) is 54.7 Å². The van der Waals surface area contributed by atoms with Crippen LogP contribution in [0.25, 0.3) is 0 Å². The number of hydrogen-bond donors (Lipinski definition) is 0. The van der Waals surface area contributed by atoms with Gasteiger partial charge < -0.3 is 4.74 Å². The number of aryl methyl sites for hydroxylation is 1. The van der Waals surface area contributed by atoms with Crippen LogP contribution in [0.2, 0.25) is 0 Å². The molecule has 1 aromatic carbocycles. The summed E-state index contributed by atoms with van der Waals surface area (Å²) >= 11 is 3.89. The van der Waals surface area contributed by atoms with Crippen molar-refractivity contribution in [1.29, 1.82) is 0 Å². The van der Waals surface area contributed by atoms with Gasteiger partial charge in [-0.1, -0.05) is 47.3 Å². The second-order valence-corrected chi connectivity index (χ2v) is 6.57. The van der Waals surface area contributed by atoms with Crippen LogP contribution in [-0.4, -0.2) is 11.9 Å². The second kappa shape index (κ2) is 6.10. The number of methoxy groups -OCH3 is 1. The van der Waals surface area contributed by atoms with E-state index < -0.39 is 0 Å². The van der Waals surface area contributed by atoms with Crippen LogP contribution < -0.4 is 4.74 Å². The van der Waals surface area contributed by atoms with Gasteiger partial charge in [0.15, 0.2) is 0 Å². The SMILES string of the molecule is COc1c(C2CCCCCC2Br)ccc(C)c1C. The minimum absolute atomic E-state index is 0.594. The summed E-state index contributed by atoms with van der Waals surface area (Å²) < 4.78 is 5.68. The Labute approximate surface area is 119 Å². The lowest BCUT2D eigenvalue weighted by Crippen LogP contribution is -2.12.